The third-order valence-corrected chi connectivity index (χ3v) is 8.32. The molecule has 23 heavy (non-hydrogen) atoms. The highest BCUT2D eigenvalue weighted by Gasteiger charge is 2.18. The van der Waals surface area contributed by atoms with Gasteiger partial charge in [-0.1, -0.05) is 108 Å². The van der Waals surface area contributed by atoms with E-state index in [1.165, 1.54) is 10.6 Å². The average molecular weight is 355 g/mol. The predicted octanol–water partition coefficient (Wildman–Crippen LogP) is 5.44. The second-order valence-corrected chi connectivity index (χ2v) is 9.95. The molecule has 0 aliphatic heterocycles. The lowest BCUT2D eigenvalue weighted by molar-refractivity contribution is 1.66. The Morgan fingerprint density at radius 3 is 1.70 bits per heavy atom. The lowest BCUT2D eigenvalue weighted by Gasteiger charge is -2.19. The highest BCUT2D eigenvalue weighted by atomic mass is 35.5. The predicted molar refractivity (Wildman–Crippen MR) is 107 cm³/mol. The molecule has 0 atom stereocenters. The van der Waals surface area contributed by atoms with Crippen LogP contribution >= 0.6 is 17.6 Å². The number of benzene rings is 3. The van der Waals surface area contributed by atoms with Crippen LogP contribution in [0, 0.1) is 0 Å². The van der Waals surface area contributed by atoms with Crippen molar-refractivity contribution in [3.05, 3.63) is 101 Å². The van der Waals surface area contributed by atoms with Crippen molar-refractivity contribution in [2.75, 3.05) is 0 Å². The summed E-state index contributed by atoms with van der Waals surface area (Å²) in [6, 6.07) is 26.5. The van der Waals surface area contributed by atoms with Crippen LogP contribution in [-0.4, -0.2) is 0 Å². The van der Waals surface area contributed by atoms with E-state index in [0.29, 0.717) is 0 Å². The molecule has 0 aromatic heterocycles. The number of hydrogen-bond donors (Lipinski definition) is 0. The Bertz CT molecular complexity index is 814. The van der Waals surface area contributed by atoms with Crippen LogP contribution in [0.15, 0.2) is 90.7 Å². The van der Waals surface area contributed by atoms with Crippen molar-refractivity contribution >= 4 is 46.1 Å². The molecule has 0 saturated heterocycles. The Hall–Kier alpha value is -1.66. The molecule has 0 spiro atoms. The normalized spacial score (nSPS) is 11.7. The lowest BCUT2D eigenvalue weighted by Crippen LogP contribution is -2.13. The fourth-order valence-corrected chi connectivity index (χ4v) is 5.77. The summed E-state index contributed by atoms with van der Waals surface area (Å²) in [6.07, 6.45) is 2.06. The van der Waals surface area contributed by atoms with E-state index < -0.39 is 6.04 Å². The third kappa shape index (κ3) is 3.64. The van der Waals surface area contributed by atoms with E-state index in [2.05, 4.69) is 36.2 Å². The van der Waals surface area contributed by atoms with E-state index in [1.54, 1.807) is 0 Å². The molecule has 0 N–H and O–H groups in total. The molecule has 114 valence electrons. The minimum atomic E-state index is -2.02. The van der Waals surface area contributed by atoms with E-state index in [1.807, 2.05) is 60.7 Å². The molecule has 3 heteroatoms. The molecule has 0 fully saturated rings. The SMILES string of the molecule is S=P(/C=C\c1ccccc1Cl)(c1ccccc1)c1ccccc1. The van der Waals surface area contributed by atoms with Gasteiger partial charge in [0, 0.05) is 11.1 Å². The van der Waals surface area contributed by atoms with E-state index in [-0.39, 0.29) is 0 Å². The van der Waals surface area contributed by atoms with Crippen molar-refractivity contribution in [1.29, 1.82) is 0 Å². The van der Waals surface area contributed by atoms with Gasteiger partial charge in [0.25, 0.3) is 0 Å². The van der Waals surface area contributed by atoms with Gasteiger partial charge in [-0.15, -0.1) is 0 Å². The topological polar surface area (TPSA) is 0 Å². The molecule has 0 unspecified atom stereocenters. The first-order chi connectivity index (χ1) is 11.2. The van der Waals surface area contributed by atoms with Crippen molar-refractivity contribution < 1.29 is 0 Å². The average Bonchev–Trinajstić information content (AvgIpc) is 2.62. The van der Waals surface area contributed by atoms with E-state index in [9.17, 15) is 0 Å². The summed E-state index contributed by atoms with van der Waals surface area (Å²) >= 11 is 12.4. The Morgan fingerprint density at radius 2 is 1.17 bits per heavy atom. The molecular weight excluding hydrogens is 339 g/mol. The quantitative estimate of drug-likeness (QED) is 0.562. The van der Waals surface area contributed by atoms with Crippen LogP contribution in [0.2, 0.25) is 5.02 Å². The number of hydrogen-bond acceptors (Lipinski definition) is 1. The van der Waals surface area contributed by atoms with Gasteiger partial charge in [-0.2, -0.15) is 0 Å². The fraction of sp³-hybridized carbons (Fsp3) is 0. The van der Waals surface area contributed by atoms with E-state index in [0.717, 1.165) is 10.6 Å². The standard InChI is InChI=1S/C20H16ClPS/c21-20-14-8-7-9-17(20)15-16-22(23,18-10-3-1-4-11-18)19-12-5-2-6-13-19/h1-16H/b16-15-. The minimum absolute atomic E-state index is 0.742. The molecule has 0 bridgehead atoms. The molecule has 3 rings (SSSR count). The van der Waals surface area contributed by atoms with Gasteiger partial charge in [0.05, 0.1) is 0 Å². The van der Waals surface area contributed by atoms with Crippen molar-refractivity contribution in [2.45, 2.75) is 0 Å². The van der Waals surface area contributed by atoms with Gasteiger partial charge in [0.2, 0.25) is 0 Å². The summed E-state index contributed by atoms with van der Waals surface area (Å²) in [4.78, 5) is 0. The Morgan fingerprint density at radius 1 is 0.696 bits per heavy atom. The Labute approximate surface area is 147 Å². The van der Waals surface area contributed by atoms with Crippen molar-refractivity contribution in [1.82, 2.24) is 0 Å². The van der Waals surface area contributed by atoms with Crippen molar-refractivity contribution in [3.8, 4) is 0 Å². The Kier molecular flexibility index (Phi) is 5.13. The monoisotopic (exact) mass is 354 g/mol. The lowest BCUT2D eigenvalue weighted by atomic mass is 10.2. The zero-order chi connectivity index (χ0) is 16.1. The van der Waals surface area contributed by atoms with Crippen molar-refractivity contribution in [3.63, 3.8) is 0 Å². The van der Waals surface area contributed by atoms with Gasteiger partial charge >= 0.3 is 0 Å². The summed E-state index contributed by atoms with van der Waals surface area (Å²) in [5, 5.41) is 3.11. The third-order valence-electron chi connectivity index (χ3n) is 3.65. The second kappa shape index (κ2) is 7.27. The highest BCUT2D eigenvalue weighted by Crippen LogP contribution is 2.46. The number of halogens is 1. The summed E-state index contributed by atoms with van der Waals surface area (Å²) in [6.45, 7) is 0. The van der Waals surface area contributed by atoms with Crippen LogP contribution < -0.4 is 10.6 Å². The molecule has 0 aliphatic rings. The Balaban J connectivity index is 2.11. The van der Waals surface area contributed by atoms with Gasteiger partial charge in [-0.25, -0.2) is 0 Å². The second-order valence-electron chi connectivity index (χ2n) is 5.17. The van der Waals surface area contributed by atoms with Crippen LogP contribution in [0.4, 0.5) is 0 Å². The molecular formula is C20H16ClPS. The van der Waals surface area contributed by atoms with Gasteiger partial charge in [-0.05, 0) is 28.1 Å². The summed E-state index contributed by atoms with van der Waals surface area (Å²) < 4.78 is 0. The largest absolute Gasteiger partial charge is 0.0837 e. The zero-order valence-corrected chi connectivity index (χ0v) is 14.9. The van der Waals surface area contributed by atoms with Gasteiger partial charge < -0.3 is 0 Å². The first-order valence-electron chi connectivity index (χ1n) is 7.35. The molecule has 3 aromatic carbocycles. The maximum absolute atomic E-state index is 6.27. The van der Waals surface area contributed by atoms with E-state index in [4.69, 9.17) is 23.4 Å². The van der Waals surface area contributed by atoms with Crippen LogP contribution in [0.1, 0.15) is 5.56 Å². The van der Waals surface area contributed by atoms with Crippen LogP contribution in [-0.2, 0) is 11.8 Å². The first kappa shape index (κ1) is 16.2. The fourth-order valence-electron chi connectivity index (χ4n) is 2.42. The molecule has 0 radical (unpaired) electrons. The summed E-state index contributed by atoms with van der Waals surface area (Å²) in [5.74, 6) is 2.16. The maximum atomic E-state index is 6.27. The summed E-state index contributed by atoms with van der Waals surface area (Å²) in [7, 11) is 0. The minimum Gasteiger partial charge on any atom is -0.0837 e. The van der Waals surface area contributed by atoms with Crippen LogP contribution in [0.3, 0.4) is 0 Å². The summed E-state index contributed by atoms with van der Waals surface area (Å²) in [5.41, 5.74) is 0.996. The molecule has 3 aromatic rings. The first-order valence-corrected chi connectivity index (χ1v) is 10.6. The number of rotatable bonds is 4. The zero-order valence-electron chi connectivity index (χ0n) is 12.5. The van der Waals surface area contributed by atoms with Gasteiger partial charge in [0.1, 0.15) is 0 Å². The van der Waals surface area contributed by atoms with Gasteiger partial charge in [-0.3, -0.25) is 0 Å². The molecule has 0 aliphatic carbocycles. The molecule has 0 amide bonds. The maximum Gasteiger partial charge on any atom is 0.0478 e. The van der Waals surface area contributed by atoms with Crippen LogP contribution in [0.25, 0.3) is 6.08 Å². The molecule has 0 nitrogen and oxygen atoms in total. The molecule has 0 saturated carbocycles. The molecule has 0 heterocycles. The smallest absolute Gasteiger partial charge is 0.0478 e. The van der Waals surface area contributed by atoms with Gasteiger partial charge in [0.15, 0.2) is 0 Å². The van der Waals surface area contributed by atoms with Crippen molar-refractivity contribution in [2.24, 2.45) is 0 Å². The van der Waals surface area contributed by atoms with Crippen LogP contribution in [0.5, 0.6) is 0 Å². The highest BCUT2D eigenvalue weighted by molar-refractivity contribution is 8.23. The van der Waals surface area contributed by atoms with E-state index >= 15 is 0 Å².